The van der Waals surface area contributed by atoms with Crippen molar-refractivity contribution in [1.82, 2.24) is 14.5 Å². The van der Waals surface area contributed by atoms with Gasteiger partial charge >= 0.3 is 0 Å². The van der Waals surface area contributed by atoms with Gasteiger partial charge in [-0.15, -0.1) is 0 Å². The molecule has 1 fully saturated rings. The summed E-state index contributed by atoms with van der Waals surface area (Å²) in [6, 6.07) is 26.8. The highest BCUT2D eigenvalue weighted by atomic mass is 16.5. The van der Waals surface area contributed by atoms with Gasteiger partial charge in [0.1, 0.15) is 11.6 Å². The third kappa shape index (κ3) is 5.09. The van der Waals surface area contributed by atoms with Crippen LogP contribution in [0.15, 0.2) is 78.9 Å². The van der Waals surface area contributed by atoms with Crippen molar-refractivity contribution in [1.29, 1.82) is 0 Å². The van der Waals surface area contributed by atoms with E-state index in [4.69, 9.17) is 9.72 Å². The molecule has 180 valence electrons. The fourth-order valence-corrected chi connectivity index (χ4v) is 5.03. The summed E-state index contributed by atoms with van der Waals surface area (Å²) in [5, 5.41) is 0. The van der Waals surface area contributed by atoms with E-state index in [0.29, 0.717) is 19.6 Å². The number of aromatic nitrogens is 2. The first kappa shape index (κ1) is 23.2. The number of hydrogen-bond donors (Lipinski definition) is 0. The summed E-state index contributed by atoms with van der Waals surface area (Å²) in [5.74, 6) is 2.25. The van der Waals surface area contributed by atoms with E-state index in [0.717, 1.165) is 42.0 Å². The number of hydrogen-bond acceptors (Lipinski definition) is 3. The molecule has 2 heterocycles. The van der Waals surface area contributed by atoms with Crippen LogP contribution in [0.2, 0.25) is 0 Å². The van der Waals surface area contributed by atoms with Gasteiger partial charge in [-0.05, 0) is 56.5 Å². The summed E-state index contributed by atoms with van der Waals surface area (Å²) >= 11 is 0. The van der Waals surface area contributed by atoms with Gasteiger partial charge in [0.2, 0.25) is 5.91 Å². The third-order valence-electron chi connectivity index (χ3n) is 7.02. The highest BCUT2D eigenvalue weighted by molar-refractivity contribution is 5.81. The summed E-state index contributed by atoms with van der Waals surface area (Å²) < 4.78 is 8.25. The molecule has 1 aliphatic rings. The van der Waals surface area contributed by atoms with Gasteiger partial charge < -0.3 is 14.2 Å². The van der Waals surface area contributed by atoms with Crippen molar-refractivity contribution in [2.24, 2.45) is 0 Å². The number of nitrogens with zero attached hydrogens (tertiary/aromatic N) is 3. The number of ether oxygens (including phenoxy) is 1. The summed E-state index contributed by atoms with van der Waals surface area (Å²) in [7, 11) is 0. The van der Waals surface area contributed by atoms with Gasteiger partial charge in [-0.1, -0.05) is 60.2 Å². The fraction of sp³-hybridized carbons (Fsp3) is 0.333. The topological polar surface area (TPSA) is 47.4 Å². The molecule has 0 spiro atoms. The van der Waals surface area contributed by atoms with Crippen LogP contribution in [-0.2, 0) is 11.3 Å². The quantitative estimate of drug-likeness (QED) is 0.272. The van der Waals surface area contributed by atoms with Crippen molar-refractivity contribution < 1.29 is 9.53 Å². The molecule has 5 nitrogen and oxygen atoms in total. The Kier molecular flexibility index (Phi) is 6.84. The van der Waals surface area contributed by atoms with Crippen LogP contribution in [0.5, 0.6) is 5.75 Å². The van der Waals surface area contributed by atoms with Crippen LogP contribution >= 0.6 is 0 Å². The average molecular weight is 468 g/mol. The maximum atomic E-state index is 13.0. The zero-order valence-corrected chi connectivity index (χ0v) is 20.6. The van der Waals surface area contributed by atoms with Crippen molar-refractivity contribution >= 4 is 16.9 Å². The molecule has 0 bridgehead atoms. The van der Waals surface area contributed by atoms with Gasteiger partial charge in [0.25, 0.3) is 0 Å². The minimum atomic E-state index is 0.0606. The molecule has 1 aliphatic heterocycles. The lowest BCUT2D eigenvalue weighted by Crippen LogP contribution is -2.28. The highest BCUT2D eigenvalue weighted by Crippen LogP contribution is 2.35. The molecular formula is C30H33N3O2. The predicted molar refractivity (Wildman–Crippen MR) is 140 cm³/mol. The fourth-order valence-electron chi connectivity index (χ4n) is 5.03. The molecule has 0 aliphatic carbocycles. The molecule has 1 saturated heterocycles. The monoisotopic (exact) mass is 467 g/mol. The molecule has 1 aromatic heterocycles. The zero-order chi connectivity index (χ0) is 24.2. The summed E-state index contributed by atoms with van der Waals surface area (Å²) in [5.41, 5.74) is 4.55. The molecular weight excluding hydrogens is 434 g/mol. The Labute approximate surface area is 207 Å². The van der Waals surface area contributed by atoms with Crippen LogP contribution in [0.1, 0.15) is 55.1 Å². The minimum Gasteiger partial charge on any atom is -0.494 e. The van der Waals surface area contributed by atoms with Crippen LogP contribution in [0.4, 0.5) is 0 Å². The molecule has 3 aromatic carbocycles. The van der Waals surface area contributed by atoms with Gasteiger partial charge in [-0.2, -0.15) is 0 Å². The van der Waals surface area contributed by atoms with Crippen molar-refractivity contribution in [2.45, 2.75) is 51.6 Å². The number of fused-ring (bicyclic) bond motifs is 1. The Balaban J connectivity index is 1.28. The van der Waals surface area contributed by atoms with Crippen LogP contribution < -0.4 is 4.74 Å². The molecule has 4 aromatic rings. The van der Waals surface area contributed by atoms with Gasteiger partial charge in [-0.25, -0.2) is 4.98 Å². The van der Waals surface area contributed by atoms with Crippen LogP contribution in [-0.4, -0.2) is 33.5 Å². The van der Waals surface area contributed by atoms with E-state index < -0.39 is 0 Å². The summed E-state index contributed by atoms with van der Waals surface area (Å²) in [4.78, 5) is 20.0. The Morgan fingerprint density at radius 1 is 0.971 bits per heavy atom. The van der Waals surface area contributed by atoms with E-state index in [1.165, 1.54) is 11.1 Å². The summed E-state index contributed by atoms with van der Waals surface area (Å²) in [6.45, 7) is 6.46. The standard InChI is InChI=1S/C30H33N3O2/c1-22-14-16-26(17-15-22)35-19-9-8-18-32-28-13-7-6-12-27(28)31-30(32)25-20-29(34)33(21-25)23(2)24-10-4-3-5-11-24/h3-7,10-17,23,25H,8-9,18-21H2,1-2H3. The van der Waals surface area contributed by atoms with E-state index in [9.17, 15) is 4.79 Å². The van der Waals surface area contributed by atoms with Gasteiger partial charge in [0.15, 0.2) is 0 Å². The third-order valence-corrected chi connectivity index (χ3v) is 7.02. The Bertz CT molecular complexity index is 1280. The second kappa shape index (κ2) is 10.3. The SMILES string of the molecule is Cc1ccc(OCCCCn2c(C3CC(=O)N(C(C)c4ccccc4)C3)nc3ccccc32)cc1. The van der Waals surface area contributed by atoms with Gasteiger partial charge in [0, 0.05) is 25.4 Å². The molecule has 1 amide bonds. The molecule has 0 saturated carbocycles. The normalized spacial score (nSPS) is 16.7. The minimum absolute atomic E-state index is 0.0606. The molecule has 5 rings (SSSR count). The number of para-hydroxylation sites is 2. The molecule has 35 heavy (non-hydrogen) atoms. The second-order valence-corrected chi connectivity index (χ2v) is 9.51. The smallest absolute Gasteiger partial charge is 0.223 e. The number of benzene rings is 3. The highest BCUT2D eigenvalue weighted by Gasteiger charge is 2.36. The molecule has 5 heteroatoms. The van der Waals surface area contributed by atoms with Gasteiger partial charge in [-0.3, -0.25) is 4.79 Å². The van der Waals surface area contributed by atoms with E-state index in [1.54, 1.807) is 0 Å². The van der Waals surface area contributed by atoms with Crippen LogP contribution in [0.25, 0.3) is 11.0 Å². The van der Waals surface area contributed by atoms with Crippen molar-refractivity contribution in [3.63, 3.8) is 0 Å². The van der Waals surface area contributed by atoms with Crippen molar-refractivity contribution in [3.8, 4) is 5.75 Å². The Morgan fingerprint density at radius 2 is 1.71 bits per heavy atom. The second-order valence-electron chi connectivity index (χ2n) is 9.51. The Morgan fingerprint density at radius 3 is 2.51 bits per heavy atom. The number of carbonyl (C=O) groups is 1. The molecule has 2 atom stereocenters. The Hall–Kier alpha value is -3.60. The molecule has 0 radical (unpaired) electrons. The van der Waals surface area contributed by atoms with Crippen molar-refractivity contribution in [3.05, 3.63) is 95.8 Å². The number of unbranched alkanes of at least 4 members (excludes halogenated alkanes) is 1. The first-order valence-electron chi connectivity index (χ1n) is 12.6. The van der Waals surface area contributed by atoms with E-state index in [1.807, 2.05) is 41.3 Å². The van der Waals surface area contributed by atoms with E-state index in [2.05, 4.69) is 60.9 Å². The summed E-state index contributed by atoms with van der Waals surface area (Å²) in [6.07, 6.45) is 2.46. The number of likely N-dealkylation sites (tertiary alicyclic amines) is 1. The number of carbonyl (C=O) groups excluding carboxylic acids is 1. The lowest BCUT2D eigenvalue weighted by atomic mass is 10.1. The zero-order valence-electron chi connectivity index (χ0n) is 20.6. The predicted octanol–water partition coefficient (Wildman–Crippen LogP) is 6.28. The number of rotatable bonds is 9. The van der Waals surface area contributed by atoms with Crippen molar-refractivity contribution in [2.75, 3.05) is 13.2 Å². The van der Waals surface area contributed by atoms with E-state index in [-0.39, 0.29) is 17.9 Å². The largest absolute Gasteiger partial charge is 0.494 e. The van der Waals surface area contributed by atoms with Crippen LogP contribution in [0.3, 0.4) is 0 Å². The van der Waals surface area contributed by atoms with Gasteiger partial charge in [0.05, 0.1) is 23.7 Å². The number of imidazole rings is 1. The maximum Gasteiger partial charge on any atom is 0.223 e. The van der Waals surface area contributed by atoms with E-state index >= 15 is 0 Å². The first-order chi connectivity index (χ1) is 17.1. The van der Waals surface area contributed by atoms with Crippen LogP contribution in [0, 0.1) is 6.92 Å². The number of amides is 1. The molecule has 2 unspecified atom stereocenters. The number of aryl methyl sites for hydroxylation is 2. The average Bonchev–Trinajstić information content (AvgIpc) is 3.45. The lowest BCUT2D eigenvalue weighted by Gasteiger charge is -2.25. The first-order valence-corrected chi connectivity index (χ1v) is 12.6. The lowest BCUT2D eigenvalue weighted by molar-refractivity contribution is -0.129. The molecule has 0 N–H and O–H groups in total. The maximum absolute atomic E-state index is 13.0.